The predicted octanol–water partition coefficient (Wildman–Crippen LogP) is 1.70. The van der Waals surface area contributed by atoms with Crippen molar-refractivity contribution in [2.45, 2.75) is 40.2 Å². The summed E-state index contributed by atoms with van der Waals surface area (Å²) in [6.45, 7) is 6.84. The van der Waals surface area contributed by atoms with E-state index in [1.165, 1.54) is 10.7 Å². The van der Waals surface area contributed by atoms with Crippen LogP contribution in [0.1, 0.15) is 33.6 Å². The van der Waals surface area contributed by atoms with Gasteiger partial charge in [0.1, 0.15) is 6.54 Å². The summed E-state index contributed by atoms with van der Waals surface area (Å²) < 4.78 is 1.23. The van der Waals surface area contributed by atoms with Crippen LogP contribution in [0.15, 0.2) is 17.1 Å². The topological polar surface area (TPSA) is 55.2 Å². The van der Waals surface area contributed by atoms with Crippen LogP contribution in [0.5, 0.6) is 0 Å². The molecule has 5 nitrogen and oxygen atoms in total. The molecule has 1 aromatic heterocycles. The van der Waals surface area contributed by atoms with Crippen LogP contribution in [-0.4, -0.2) is 29.2 Å². The van der Waals surface area contributed by atoms with Gasteiger partial charge < -0.3 is 4.90 Å². The lowest BCUT2D eigenvalue weighted by Crippen LogP contribution is -2.30. The molecular formula is C14H23N3O2. The second-order valence-corrected chi connectivity index (χ2v) is 4.91. The molecule has 0 aliphatic heterocycles. The highest BCUT2D eigenvalue weighted by Crippen LogP contribution is 2.08. The Balaban J connectivity index is 2.83. The molecule has 0 aromatic carbocycles. The molecule has 0 N–H and O–H groups in total. The zero-order chi connectivity index (χ0) is 14.4. The van der Waals surface area contributed by atoms with E-state index in [1.54, 1.807) is 6.20 Å². The third-order valence-electron chi connectivity index (χ3n) is 3.32. The number of carbonyl (C=O) groups is 1. The number of carbonyl (C=O) groups excluding carboxylic acids is 1. The lowest BCUT2D eigenvalue weighted by Gasteiger charge is -2.18. The summed E-state index contributed by atoms with van der Waals surface area (Å²) in [7, 11) is 1.93. The van der Waals surface area contributed by atoms with E-state index in [-0.39, 0.29) is 23.8 Å². The second kappa shape index (κ2) is 7.07. The molecule has 1 aromatic rings. The van der Waals surface area contributed by atoms with Gasteiger partial charge in [-0.1, -0.05) is 20.8 Å². The molecule has 1 heterocycles. The minimum absolute atomic E-state index is 0.0314. The summed E-state index contributed by atoms with van der Waals surface area (Å²) in [5.41, 5.74) is 0.566. The molecule has 1 atom stereocenters. The standard InChI is InChI=1S/C14H23N3O2/c1-5-7-16(4)12-8-14(19)17(15-9-12)10-13(18)11(3)6-2/h8-9,11H,5-7,10H2,1-4H3. The maximum absolute atomic E-state index is 11.9. The minimum Gasteiger partial charge on any atom is -0.373 e. The van der Waals surface area contributed by atoms with Gasteiger partial charge in [0.2, 0.25) is 0 Å². The van der Waals surface area contributed by atoms with Gasteiger partial charge in [0.15, 0.2) is 5.78 Å². The number of Topliss-reactive ketones (excluding diaryl/α,β-unsaturated/α-hetero) is 1. The van der Waals surface area contributed by atoms with E-state index in [1.807, 2.05) is 25.8 Å². The number of anilines is 1. The molecule has 1 rings (SSSR count). The zero-order valence-electron chi connectivity index (χ0n) is 12.2. The summed E-state index contributed by atoms with van der Waals surface area (Å²) in [4.78, 5) is 25.7. The van der Waals surface area contributed by atoms with Gasteiger partial charge in [0.05, 0.1) is 11.9 Å². The SMILES string of the molecule is CCCN(C)c1cnn(CC(=O)C(C)CC)c(=O)c1. The summed E-state index contributed by atoms with van der Waals surface area (Å²) in [6.07, 6.45) is 3.43. The van der Waals surface area contributed by atoms with Crippen molar-refractivity contribution in [1.29, 1.82) is 0 Å². The summed E-state index contributed by atoms with van der Waals surface area (Å²) in [5, 5.41) is 4.08. The highest BCUT2D eigenvalue weighted by Gasteiger charge is 2.13. The largest absolute Gasteiger partial charge is 0.373 e. The van der Waals surface area contributed by atoms with Crippen LogP contribution in [0.4, 0.5) is 5.69 Å². The first kappa shape index (κ1) is 15.4. The van der Waals surface area contributed by atoms with Crippen LogP contribution in [0.3, 0.4) is 0 Å². The molecule has 0 fully saturated rings. The van der Waals surface area contributed by atoms with Crippen LogP contribution < -0.4 is 10.5 Å². The van der Waals surface area contributed by atoms with E-state index < -0.39 is 0 Å². The van der Waals surface area contributed by atoms with Crippen molar-refractivity contribution in [3.05, 3.63) is 22.6 Å². The Morgan fingerprint density at radius 1 is 1.47 bits per heavy atom. The molecule has 5 heteroatoms. The average Bonchev–Trinajstić information content (AvgIpc) is 2.40. The monoisotopic (exact) mass is 265 g/mol. The lowest BCUT2D eigenvalue weighted by molar-refractivity contribution is -0.123. The van der Waals surface area contributed by atoms with E-state index in [2.05, 4.69) is 12.0 Å². The van der Waals surface area contributed by atoms with Crippen molar-refractivity contribution in [2.24, 2.45) is 5.92 Å². The Morgan fingerprint density at radius 2 is 2.16 bits per heavy atom. The molecule has 0 aliphatic carbocycles. The smallest absolute Gasteiger partial charge is 0.269 e. The molecule has 0 aliphatic rings. The molecule has 1 unspecified atom stereocenters. The lowest BCUT2D eigenvalue weighted by atomic mass is 10.0. The van der Waals surface area contributed by atoms with Gasteiger partial charge in [-0.2, -0.15) is 5.10 Å². The van der Waals surface area contributed by atoms with E-state index in [9.17, 15) is 9.59 Å². The van der Waals surface area contributed by atoms with Crippen LogP contribution in [0.2, 0.25) is 0 Å². The number of aromatic nitrogens is 2. The Labute approximate surface area is 114 Å². The van der Waals surface area contributed by atoms with Crippen molar-refractivity contribution in [2.75, 3.05) is 18.5 Å². The fraction of sp³-hybridized carbons (Fsp3) is 0.643. The van der Waals surface area contributed by atoms with Gasteiger partial charge in [0, 0.05) is 25.6 Å². The first-order valence-electron chi connectivity index (χ1n) is 6.80. The molecule has 0 saturated heterocycles. The van der Waals surface area contributed by atoms with E-state index in [0.717, 1.165) is 25.1 Å². The maximum atomic E-state index is 11.9. The second-order valence-electron chi connectivity index (χ2n) is 4.91. The van der Waals surface area contributed by atoms with Crippen molar-refractivity contribution in [3.63, 3.8) is 0 Å². The van der Waals surface area contributed by atoms with Crippen molar-refractivity contribution >= 4 is 11.5 Å². The van der Waals surface area contributed by atoms with Gasteiger partial charge in [-0.25, -0.2) is 4.68 Å². The van der Waals surface area contributed by atoms with Crippen LogP contribution >= 0.6 is 0 Å². The highest BCUT2D eigenvalue weighted by molar-refractivity contribution is 5.80. The first-order valence-corrected chi connectivity index (χ1v) is 6.80. The number of nitrogens with zero attached hydrogens (tertiary/aromatic N) is 3. The third kappa shape index (κ3) is 4.19. The van der Waals surface area contributed by atoms with Crippen molar-refractivity contribution in [3.8, 4) is 0 Å². The predicted molar refractivity (Wildman–Crippen MR) is 76.5 cm³/mol. The zero-order valence-corrected chi connectivity index (χ0v) is 12.2. The number of ketones is 1. The molecule has 19 heavy (non-hydrogen) atoms. The average molecular weight is 265 g/mol. The van der Waals surface area contributed by atoms with Crippen LogP contribution in [0.25, 0.3) is 0 Å². The molecular weight excluding hydrogens is 242 g/mol. The third-order valence-corrected chi connectivity index (χ3v) is 3.32. The quantitative estimate of drug-likeness (QED) is 0.753. The molecule has 0 amide bonds. The fourth-order valence-corrected chi connectivity index (χ4v) is 1.75. The Hall–Kier alpha value is -1.65. The summed E-state index contributed by atoms with van der Waals surface area (Å²) in [6, 6.07) is 1.53. The van der Waals surface area contributed by atoms with Crippen LogP contribution in [0, 0.1) is 5.92 Å². The van der Waals surface area contributed by atoms with Gasteiger partial charge in [-0.3, -0.25) is 9.59 Å². The van der Waals surface area contributed by atoms with E-state index in [0.29, 0.717) is 0 Å². The van der Waals surface area contributed by atoms with Crippen LogP contribution in [-0.2, 0) is 11.3 Å². The Morgan fingerprint density at radius 3 is 2.68 bits per heavy atom. The van der Waals surface area contributed by atoms with E-state index in [4.69, 9.17) is 0 Å². The number of rotatable bonds is 7. The Kier molecular flexibility index (Phi) is 5.73. The highest BCUT2D eigenvalue weighted by atomic mass is 16.1. The van der Waals surface area contributed by atoms with Gasteiger partial charge >= 0.3 is 0 Å². The molecule has 0 radical (unpaired) electrons. The number of hydrogen-bond acceptors (Lipinski definition) is 4. The minimum atomic E-state index is -0.225. The summed E-state index contributed by atoms with van der Waals surface area (Å²) >= 11 is 0. The number of hydrogen-bond donors (Lipinski definition) is 0. The van der Waals surface area contributed by atoms with Crippen molar-refractivity contribution < 1.29 is 4.79 Å². The fourth-order valence-electron chi connectivity index (χ4n) is 1.75. The maximum Gasteiger partial charge on any atom is 0.269 e. The molecule has 0 spiro atoms. The van der Waals surface area contributed by atoms with Gasteiger partial charge in [0.25, 0.3) is 5.56 Å². The van der Waals surface area contributed by atoms with Gasteiger partial charge in [-0.05, 0) is 12.8 Å². The summed E-state index contributed by atoms with van der Waals surface area (Å²) in [5.74, 6) is 0.0166. The first-order chi connectivity index (χ1) is 8.99. The Bertz CT molecular complexity index is 482. The molecule has 0 bridgehead atoms. The van der Waals surface area contributed by atoms with Gasteiger partial charge in [-0.15, -0.1) is 0 Å². The normalized spacial score (nSPS) is 12.2. The van der Waals surface area contributed by atoms with Crippen molar-refractivity contribution in [1.82, 2.24) is 9.78 Å². The molecule has 106 valence electrons. The van der Waals surface area contributed by atoms with E-state index >= 15 is 0 Å². The molecule has 0 saturated carbocycles.